The first-order valence-electron chi connectivity index (χ1n) is 8.59. The fraction of sp³-hybridized carbons (Fsp3) is 0.600. The number of halogens is 1. The van der Waals surface area contributed by atoms with Gasteiger partial charge in [0.25, 0.3) is 0 Å². The summed E-state index contributed by atoms with van der Waals surface area (Å²) in [5.74, 6) is 0.0743. The summed E-state index contributed by atoms with van der Waals surface area (Å²) >= 11 is 6.82. The Balaban J connectivity index is 2.11. The molecule has 1 aromatic carbocycles. The Kier molecular flexibility index (Phi) is 4.16. The summed E-state index contributed by atoms with van der Waals surface area (Å²) in [7, 11) is 0. The highest BCUT2D eigenvalue weighted by atomic mass is 35.5. The van der Waals surface area contributed by atoms with E-state index in [1.807, 2.05) is 0 Å². The van der Waals surface area contributed by atoms with E-state index in [0.29, 0.717) is 12.8 Å². The second-order valence-electron chi connectivity index (χ2n) is 7.81. The Morgan fingerprint density at radius 2 is 1.61 bits per heavy atom. The molecule has 0 heterocycles. The van der Waals surface area contributed by atoms with Crippen molar-refractivity contribution in [1.29, 1.82) is 0 Å². The van der Waals surface area contributed by atoms with Crippen molar-refractivity contribution >= 4 is 23.2 Å². The number of benzene rings is 1. The van der Waals surface area contributed by atoms with Crippen LogP contribution in [0.4, 0.5) is 0 Å². The number of carbonyl (C=O) groups excluding carboxylic acids is 2. The van der Waals surface area contributed by atoms with Gasteiger partial charge < -0.3 is 0 Å². The van der Waals surface area contributed by atoms with Crippen LogP contribution in [0.2, 0.25) is 5.02 Å². The van der Waals surface area contributed by atoms with E-state index in [9.17, 15) is 9.59 Å². The second kappa shape index (κ2) is 5.73. The first-order valence-corrected chi connectivity index (χ1v) is 8.97. The highest BCUT2D eigenvalue weighted by molar-refractivity contribution is 6.32. The molecule has 3 rings (SSSR count). The molecule has 1 unspecified atom stereocenters. The zero-order chi connectivity index (χ0) is 16.9. The van der Waals surface area contributed by atoms with Gasteiger partial charge in [0.1, 0.15) is 11.6 Å². The van der Waals surface area contributed by atoms with Gasteiger partial charge in [-0.2, -0.15) is 0 Å². The quantitative estimate of drug-likeness (QED) is 0.723. The first-order chi connectivity index (χ1) is 10.8. The first kappa shape index (κ1) is 16.7. The van der Waals surface area contributed by atoms with Crippen LogP contribution >= 0.6 is 11.6 Å². The molecule has 0 aliphatic heterocycles. The standard InChI is InChI=1S/C20H25ClO2/c1-5-20(4)9-16-11(2)12(3)18(19(21)17(16)10-20)13-6-14(22)8-15(23)7-13/h13H,5-10H2,1-4H3. The number of fused-ring (bicyclic) bond motifs is 1. The molecule has 0 saturated heterocycles. The minimum absolute atomic E-state index is 0.0336. The van der Waals surface area contributed by atoms with Crippen molar-refractivity contribution in [2.75, 3.05) is 0 Å². The van der Waals surface area contributed by atoms with Gasteiger partial charge >= 0.3 is 0 Å². The molecular weight excluding hydrogens is 308 g/mol. The molecule has 0 N–H and O–H groups in total. The summed E-state index contributed by atoms with van der Waals surface area (Å²) in [5.41, 5.74) is 6.49. The zero-order valence-corrected chi connectivity index (χ0v) is 15.3. The van der Waals surface area contributed by atoms with Crippen LogP contribution in [0.25, 0.3) is 0 Å². The van der Waals surface area contributed by atoms with Crippen LogP contribution in [-0.2, 0) is 22.4 Å². The van der Waals surface area contributed by atoms with Crippen LogP contribution in [0.3, 0.4) is 0 Å². The lowest BCUT2D eigenvalue weighted by Gasteiger charge is -2.26. The minimum Gasteiger partial charge on any atom is -0.299 e. The van der Waals surface area contributed by atoms with Crippen LogP contribution in [0.1, 0.15) is 73.3 Å². The van der Waals surface area contributed by atoms with Crippen molar-refractivity contribution in [1.82, 2.24) is 0 Å². The maximum atomic E-state index is 11.9. The number of carbonyl (C=O) groups is 2. The van der Waals surface area contributed by atoms with E-state index >= 15 is 0 Å². The van der Waals surface area contributed by atoms with Crippen LogP contribution in [0, 0.1) is 19.3 Å². The van der Waals surface area contributed by atoms with Crippen molar-refractivity contribution in [2.24, 2.45) is 5.41 Å². The second-order valence-corrected chi connectivity index (χ2v) is 8.19. The maximum Gasteiger partial charge on any atom is 0.140 e. The van der Waals surface area contributed by atoms with Crippen LogP contribution in [0.15, 0.2) is 0 Å². The molecule has 1 saturated carbocycles. The van der Waals surface area contributed by atoms with Crippen molar-refractivity contribution in [3.05, 3.63) is 32.8 Å². The van der Waals surface area contributed by atoms with Gasteiger partial charge in [-0.05, 0) is 65.8 Å². The van der Waals surface area contributed by atoms with E-state index in [2.05, 4.69) is 27.7 Å². The van der Waals surface area contributed by atoms with Gasteiger partial charge in [0, 0.05) is 17.9 Å². The molecule has 23 heavy (non-hydrogen) atoms. The summed E-state index contributed by atoms with van der Waals surface area (Å²) in [6.45, 7) is 8.83. The number of rotatable bonds is 2. The minimum atomic E-state index is -0.0336. The molecule has 0 spiro atoms. The Morgan fingerprint density at radius 1 is 1.04 bits per heavy atom. The molecule has 2 aliphatic rings. The monoisotopic (exact) mass is 332 g/mol. The van der Waals surface area contributed by atoms with Gasteiger partial charge in [-0.25, -0.2) is 0 Å². The van der Waals surface area contributed by atoms with E-state index in [0.717, 1.165) is 29.8 Å². The lowest BCUT2D eigenvalue weighted by molar-refractivity contribution is -0.130. The Hall–Kier alpha value is -1.15. The largest absolute Gasteiger partial charge is 0.299 e. The summed E-state index contributed by atoms with van der Waals surface area (Å²) in [6, 6.07) is 0. The normalized spacial score (nSPS) is 25.1. The molecule has 1 atom stereocenters. The Bertz CT molecular complexity index is 688. The predicted molar refractivity (Wildman–Crippen MR) is 93.3 cm³/mol. The fourth-order valence-corrected chi connectivity index (χ4v) is 4.86. The predicted octanol–water partition coefficient (Wildman–Crippen LogP) is 4.88. The van der Waals surface area contributed by atoms with Gasteiger partial charge in [-0.15, -0.1) is 0 Å². The Labute approximate surface area is 143 Å². The van der Waals surface area contributed by atoms with Crippen LogP contribution in [-0.4, -0.2) is 11.6 Å². The van der Waals surface area contributed by atoms with Crippen molar-refractivity contribution in [2.45, 2.75) is 72.1 Å². The van der Waals surface area contributed by atoms with E-state index in [-0.39, 0.29) is 29.3 Å². The number of hydrogen-bond donors (Lipinski definition) is 0. The summed E-state index contributed by atoms with van der Waals surface area (Å²) in [4.78, 5) is 23.8. The lowest BCUT2D eigenvalue weighted by atomic mass is 9.78. The highest BCUT2D eigenvalue weighted by Gasteiger charge is 2.37. The van der Waals surface area contributed by atoms with Gasteiger partial charge in [-0.1, -0.05) is 31.9 Å². The molecule has 2 nitrogen and oxygen atoms in total. The average Bonchev–Trinajstić information content (AvgIpc) is 2.84. The molecule has 0 bridgehead atoms. The van der Waals surface area contributed by atoms with Crippen molar-refractivity contribution in [3.8, 4) is 0 Å². The smallest absolute Gasteiger partial charge is 0.140 e. The Morgan fingerprint density at radius 3 is 2.17 bits per heavy atom. The number of Topliss-reactive ketones (excluding diaryl/α,β-unsaturated/α-hetero) is 2. The van der Waals surface area contributed by atoms with E-state index in [1.54, 1.807) is 0 Å². The topological polar surface area (TPSA) is 34.1 Å². The molecule has 0 aromatic heterocycles. The van der Waals surface area contributed by atoms with Gasteiger partial charge in [0.2, 0.25) is 0 Å². The van der Waals surface area contributed by atoms with Crippen LogP contribution < -0.4 is 0 Å². The SMILES string of the molecule is CCC1(C)Cc2c(C)c(C)c(C3CC(=O)CC(=O)C3)c(Cl)c2C1. The van der Waals surface area contributed by atoms with Gasteiger partial charge in [0.15, 0.2) is 0 Å². The highest BCUT2D eigenvalue weighted by Crippen LogP contribution is 2.48. The van der Waals surface area contributed by atoms with E-state index in [1.165, 1.54) is 22.3 Å². The van der Waals surface area contributed by atoms with E-state index in [4.69, 9.17) is 11.6 Å². The van der Waals surface area contributed by atoms with Crippen molar-refractivity contribution in [3.63, 3.8) is 0 Å². The molecule has 3 heteroatoms. The van der Waals surface area contributed by atoms with Crippen LogP contribution in [0.5, 0.6) is 0 Å². The zero-order valence-electron chi connectivity index (χ0n) is 14.5. The summed E-state index contributed by atoms with van der Waals surface area (Å²) in [6.07, 6.45) is 4.22. The third-order valence-corrected chi connectivity index (χ3v) is 6.53. The third-order valence-electron chi connectivity index (χ3n) is 6.10. The molecule has 0 radical (unpaired) electrons. The molecule has 0 amide bonds. The molecule has 2 aliphatic carbocycles. The maximum absolute atomic E-state index is 11.9. The lowest BCUT2D eigenvalue weighted by Crippen LogP contribution is -2.22. The average molecular weight is 333 g/mol. The molecular formula is C20H25ClO2. The molecule has 1 fully saturated rings. The fourth-order valence-electron chi connectivity index (χ4n) is 4.38. The molecule has 124 valence electrons. The molecule has 1 aromatic rings. The third kappa shape index (κ3) is 2.76. The van der Waals surface area contributed by atoms with Gasteiger partial charge in [0.05, 0.1) is 6.42 Å². The van der Waals surface area contributed by atoms with Gasteiger partial charge in [-0.3, -0.25) is 9.59 Å². The number of ketones is 2. The van der Waals surface area contributed by atoms with E-state index < -0.39 is 0 Å². The number of hydrogen-bond acceptors (Lipinski definition) is 2. The van der Waals surface area contributed by atoms with Crippen molar-refractivity contribution < 1.29 is 9.59 Å². The summed E-state index contributed by atoms with van der Waals surface area (Å²) < 4.78 is 0. The summed E-state index contributed by atoms with van der Waals surface area (Å²) in [5, 5.41) is 0.827.